The van der Waals surface area contributed by atoms with E-state index in [2.05, 4.69) is 0 Å². The standard InChI is InChI=1S/C17H26O3/c1-2-19-15-8-4-5-9-16(15)20-13-12-17(14-18)10-6-3-7-11-17/h4-5,8-9,18H,2-3,6-7,10-14H2,1H3. The number of hydrogen-bond donors (Lipinski definition) is 1. The van der Waals surface area contributed by atoms with Crippen molar-refractivity contribution in [3.63, 3.8) is 0 Å². The molecule has 0 bridgehead atoms. The van der Waals surface area contributed by atoms with Gasteiger partial charge < -0.3 is 14.6 Å². The Bertz CT molecular complexity index is 397. The first-order valence-corrected chi connectivity index (χ1v) is 7.75. The summed E-state index contributed by atoms with van der Waals surface area (Å²) >= 11 is 0. The van der Waals surface area contributed by atoms with E-state index < -0.39 is 0 Å². The molecule has 112 valence electrons. The quantitative estimate of drug-likeness (QED) is 0.824. The predicted octanol–water partition coefficient (Wildman–Crippen LogP) is 3.80. The Hall–Kier alpha value is -1.22. The lowest BCUT2D eigenvalue weighted by molar-refractivity contribution is 0.0581. The van der Waals surface area contributed by atoms with E-state index in [-0.39, 0.29) is 12.0 Å². The number of ether oxygens (including phenoxy) is 2. The summed E-state index contributed by atoms with van der Waals surface area (Å²) in [7, 11) is 0. The van der Waals surface area contributed by atoms with E-state index in [0.29, 0.717) is 13.2 Å². The molecule has 1 aromatic rings. The van der Waals surface area contributed by atoms with Crippen molar-refractivity contribution in [3.8, 4) is 11.5 Å². The molecule has 1 fully saturated rings. The van der Waals surface area contributed by atoms with Gasteiger partial charge in [0.1, 0.15) is 0 Å². The minimum Gasteiger partial charge on any atom is -0.490 e. The number of para-hydroxylation sites is 2. The maximum absolute atomic E-state index is 9.70. The molecular weight excluding hydrogens is 252 g/mol. The van der Waals surface area contributed by atoms with Crippen molar-refractivity contribution in [1.29, 1.82) is 0 Å². The highest BCUT2D eigenvalue weighted by Gasteiger charge is 2.31. The van der Waals surface area contributed by atoms with Crippen LogP contribution in [0.2, 0.25) is 0 Å². The number of rotatable bonds is 7. The van der Waals surface area contributed by atoms with E-state index in [1.54, 1.807) is 0 Å². The Balaban J connectivity index is 1.88. The van der Waals surface area contributed by atoms with Crippen LogP contribution in [0.3, 0.4) is 0 Å². The largest absolute Gasteiger partial charge is 0.490 e. The van der Waals surface area contributed by atoms with Gasteiger partial charge in [-0.05, 0) is 43.7 Å². The minimum absolute atomic E-state index is 0.0821. The molecule has 0 heterocycles. The lowest BCUT2D eigenvalue weighted by atomic mass is 9.72. The lowest BCUT2D eigenvalue weighted by Gasteiger charge is -2.35. The summed E-state index contributed by atoms with van der Waals surface area (Å²) in [6.45, 7) is 3.54. The first kappa shape index (κ1) is 15.2. The fourth-order valence-corrected chi connectivity index (χ4v) is 3.01. The average Bonchev–Trinajstić information content (AvgIpc) is 2.50. The van der Waals surface area contributed by atoms with Crippen molar-refractivity contribution in [2.45, 2.75) is 45.4 Å². The van der Waals surface area contributed by atoms with Crippen LogP contribution in [0.5, 0.6) is 11.5 Å². The van der Waals surface area contributed by atoms with Crippen LogP contribution in [-0.4, -0.2) is 24.9 Å². The third-order valence-corrected chi connectivity index (χ3v) is 4.29. The molecule has 0 aliphatic heterocycles. The summed E-state index contributed by atoms with van der Waals surface area (Å²) in [5.41, 5.74) is 0.0821. The highest BCUT2D eigenvalue weighted by atomic mass is 16.5. The predicted molar refractivity (Wildman–Crippen MR) is 80.3 cm³/mol. The van der Waals surface area contributed by atoms with E-state index in [0.717, 1.165) is 30.8 Å². The number of hydrogen-bond acceptors (Lipinski definition) is 3. The van der Waals surface area contributed by atoms with Crippen molar-refractivity contribution in [2.75, 3.05) is 19.8 Å². The molecule has 0 unspecified atom stereocenters. The minimum atomic E-state index is 0.0821. The molecule has 3 nitrogen and oxygen atoms in total. The molecule has 1 aliphatic rings. The fraction of sp³-hybridized carbons (Fsp3) is 0.647. The van der Waals surface area contributed by atoms with Crippen molar-refractivity contribution >= 4 is 0 Å². The molecular formula is C17H26O3. The van der Waals surface area contributed by atoms with Gasteiger partial charge in [0.05, 0.1) is 13.2 Å². The second-order valence-corrected chi connectivity index (χ2v) is 5.70. The van der Waals surface area contributed by atoms with Crippen molar-refractivity contribution in [1.82, 2.24) is 0 Å². The van der Waals surface area contributed by atoms with Crippen LogP contribution in [0.4, 0.5) is 0 Å². The van der Waals surface area contributed by atoms with Gasteiger partial charge in [-0.1, -0.05) is 31.4 Å². The van der Waals surface area contributed by atoms with Crippen LogP contribution >= 0.6 is 0 Å². The second-order valence-electron chi connectivity index (χ2n) is 5.70. The number of aliphatic hydroxyl groups is 1. The maximum Gasteiger partial charge on any atom is 0.161 e. The topological polar surface area (TPSA) is 38.7 Å². The Morgan fingerprint density at radius 1 is 1.05 bits per heavy atom. The third-order valence-electron chi connectivity index (χ3n) is 4.29. The molecule has 1 aliphatic carbocycles. The smallest absolute Gasteiger partial charge is 0.161 e. The third kappa shape index (κ3) is 3.89. The summed E-state index contributed by atoms with van der Waals surface area (Å²) < 4.78 is 11.4. The molecule has 0 saturated heterocycles. The fourth-order valence-electron chi connectivity index (χ4n) is 3.01. The highest BCUT2D eigenvalue weighted by molar-refractivity contribution is 5.39. The molecule has 1 N–H and O–H groups in total. The Kier molecular flexibility index (Phi) is 5.72. The van der Waals surface area contributed by atoms with Gasteiger partial charge in [-0.2, -0.15) is 0 Å². The van der Waals surface area contributed by atoms with E-state index in [4.69, 9.17) is 9.47 Å². The van der Waals surface area contributed by atoms with Gasteiger partial charge in [0.15, 0.2) is 11.5 Å². The SMILES string of the molecule is CCOc1ccccc1OCCC1(CO)CCCCC1. The van der Waals surface area contributed by atoms with E-state index in [1.165, 1.54) is 19.3 Å². The van der Waals surface area contributed by atoms with Gasteiger partial charge in [-0.3, -0.25) is 0 Å². The molecule has 2 rings (SSSR count). The Morgan fingerprint density at radius 2 is 1.70 bits per heavy atom. The zero-order valence-corrected chi connectivity index (χ0v) is 12.4. The zero-order chi connectivity index (χ0) is 14.3. The average molecular weight is 278 g/mol. The number of aliphatic hydroxyl groups excluding tert-OH is 1. The summed E-state index contributed by atoms with van der Waals surface area (Å²) in [6, 6.07) is 7.78. The van der Waals surface area contributed by atoms with Crippen LogP contribution in [0.25, 0.3) is 0 Å². The van der Waals surface area contributed by atoms with Crippen LogP contribution in [0.1, 0.15) is 45.4 Å². The van der Waals surface area contributed by atoms with E-state index in [1.807, 2.05) is 31.2 Å². The monoisotopic (exact) mass is 278 g/mol. The first-order valence-electron chi connectivity index (χ1n) is 7.75. The molecule has 1 saturated carbocycles. The Labute approximate surface area is 121 Å². The van der Waals surface area contributed by atoms with Crippen LogP contribution in [-0.2, 0) is 0 Å². The summed E-state index contributed by atoms with van der Waals surface area (Å²) in [5.74, 6) is 1.61. The van der Waals surface area contributed by atoms with Gasteiger partial charge in [0.25, 0.3) is 0 Å². The van der Waals surface area contributed by atoms with Crippen LogP contribution < -0.4 is 9.47 Å². The van der Waals surface area contributed by atoms with Gasteiger partial charge in [0.2, 0.25) is 0 Å². The molecule has 20 heavy (non-hydrogen) atoms. The van der Waals surface area contributed by atoms with Gasteiger partial charge in [-0.25, -0.2) is 0 Å². The van der Waals surface area contributed by atoms with Crippen molar-refractivity contribution < 1.29 is 14.6 Å². The van der Waals surface area contributed by atoms with Crippen molar-refractivity contribution in [2.24, 2.45) is 5.41 Å². The molecule has 3 heteroatoms. The van der Waals surface area contributed by atoms with Crippen LogP contribution in [0.15, 0.2) is 24.3 Å². The van der Waals surface area contributed by atoms with Crippen molar-refractivity contribution in [3.05, 3.63) is 24.3 Å². The number of benzene rings is 1. The normalized spacial score (nSPS) is 17.7. The van der Waals surface area contributed by atoms with Gasteiger partial charge in [-0.15, -0.1) is 0 Å². The molecule has 0 radical (unpaired) electrons. The molecule has 0 aromatic heterocycles. The highest BCUT2D eigenvalue weighted by Crippen LogP contribution is 2.39. The maximum atomic E-state index is 9.70. The first-order chi connectivity index (χ1) is 9.79. The summed E-state index contributed by atoms with van der Waals surface area (Å²) in [6.07, 6.45) is 6.94. The lowest BCUT2D eigenvalue weighted by Crippen LogP contribution is -2.30. The second kappa shape index (κ2) is 7.53. The summed E-state index contributed by atoms with van der Waals surface area (Å²) in [4.78, 5) is 0. The molecule has 0 atom stereocenters. The van der Waals surface area contributed by atoms with E-state index >= 15 is 0 Å². The zero-order valence-electron chi connectivity index (χ0n) is 12.4. The van der Waals surface area contributed by atoms with Gasteiger partial charge in [0, 0.05) is 6.61 Å². The molecule has 0 spiro atoms. The van der Waals surface area contributed by atoms with Crippen LogP contribution in [0, 0.1) is 5.41 Å². The summed E-state index contributed by atoms with van der Waals surface area (Å²) in [5, 5.41) is 9.70. The molecule has 0 amide bonds. The Morgan fingerprint density at radius 3 is 2.30 bits per heavy atom. The van der Waals surface area contributed by atoms with Gasteiger partial charge >= 0.3 is 0 Å². The molecule has 1 aromatic carbocycles. The van der Waals surface area contributed by atoms with E-state index in [9.17, 15) is 5.11 Å².